The van der Waals surface area contributed by atoms with Gasteiger partial charge in [-0.15, -0.1) is 0 Å². The first-order valence-corrected chi connectivity index (χ1v) is 11.0. The summed E-state index contributed by atoms with van der Waals surface area (Å²) in [4.78, 5) is 0. The molecule has 3 rings (SSSR count). The normalized spacial score (nSPS) is 19.6. The third-order valence-corrected chi connectivity index (χ3v) is 6.30. The minimum atomic E-state index is -3.61. The maximum atomic E-state index is 14.9. The fourth-order valence-electron chi connectivity index (χ4n) is 4.46. The summed E-state index contributed by atoms with van der Waals surface area (Å²) in [6.45, 7) is 4.02. The third kappa shape index (κ3) is 5.39. The quantitative estimate of drug-likeness (QED) is 0.374. The summed E-state index contributed by atoms with van der Waals surface area (Å²) in [6, 6.07) is 9.06. The van der Waals surface area contributed by atoms with Gasteiger partial charge in [-0.3, -0.25) is 0 Å². The molecule has 1 fully saturated rings. The van der Waals surface area contributed by atoms with Gasteiger partial charge >= 0.3 is 6.11 Å². The van der Waals surface area contributed by atoms with Crippen LogP contribution in [0.3, 0.4) is 0 Å². The highest BCUT2D eigenvalue weighted by atomic mass is 19.3. The van der Waals surface area contributed by atoms with E-state index in [1.54, 1.807) is 24.3 Å². The van der Waals surface area contributed by atoms with Gasteiger partial charge in [0.2, 0.25) is 0 Å². The van der Waals surface area contributed by atoms with E-state index >= 15 is 0 Å². The molecule has 31 heavy (non-hydrogen) atoms. The van der Waals surface area contributed by atoms with Crippen molar-refractivity contribution < 1.29 is 26.7 Å². The first-order valence-electron chi connectivity index (χ1n) is 11.0. The molecule has 0 radical (unpaired) electrons. The lowest BCUT2D eigenvalue weighted by atomic mass is 9.79. The van der Waals surface area contributed by atoms with Crippen LogP contribution in [0.15, 0.2) is 36.4 Å². The van der Waals surface area contributed by atoms with E-state index in [0.29, 0.717) is 24.3 Å². The second-order valence-corrected chi connectivity index (χ2v) is 8.36. The highest BCUT2D eigenvalue weighted by Gasteiger charge is 2.44. The van der Waals surface area contributed by atoms with Crippen LogP contribution < -0.4 is 4.74 Å². The molecule has 0 aromatic heterocycles. The van der Waals surface area contributed by atoms with E-state index in [9.17, 15) is 22.0 Å². The SMILES string of the molecule is CCCC1CCC(C(F)(F)Oc2ccc(-c3ccc(CC)cc3)c(C(F)F)c2F)CC1. The number of halogens is 5. The van der Waals surface area contributed by atoms with Crippen molar-refractivity contribution in [2.24, 2.45) is 11.8 Å². The molecule has 0 bridgehead atoms. The van der Waals surface area contributed by atoms with Crippen LogP contribution in [-0.2, 0) is 6.42 Å². The topological polar surface area (TPSA) is 9.23 Å². The van der Waals surface area contributed by atoms with Crippen LogP contribution in [0.1, 0.15) is 69.9 Å². The summed E-state index contributed by atoms with van der Waals surface area (Å²) in [5, 5.41) is 0. The molecule has 6 heteroatoms. The lowest BCUT2D eigenvalue weighted by molar-refractivity contribution is -0.224. The predicted octanol–water partition coefficient (Wildman–Crippen LogP) is 8.57. The number of hydrogen-bond acceptors (Lipinski definition) is 1. The second kappa shape index (κ2) is 10.0. The van der Waals surface area contributed by atoms with Crippen molar-refractivity contribution in [2.75, 3.05) is 0 Å². The number of ether oxygens (including phenoxy) is 1. The van der Waals surface area contributed by atoms with Crippen LogP contribution in [-0.4, -0.2) is 6.11 Å². The van der Waals surface area contributed by atoms with E-state index in [1.165, 1.54) is 6.07 Å². The van der Waals surface area contributed by atoms with Crippen LogP contribution >= 0.6 is 0 Å². The van der Waals surface area contributed by atoms with Crippen molar-refractivity contribution in [3.63, 3.8) is 0 Å². The molecule has 1 saturated carbocycles. The molecule has 1 aliphatic carbocycles. The summed E-state index contributed by atoms with van der Waals surface area (Å²) in [7, 11) is 0. The highest BCUT2D eigenvalue weighted by molar-refractivity contribution is 5.69. The van der Waals surface area contributed by atoms with Gasteiger partial charge < -0.3 is 4.74 Å². The molecule has 0 aliphatic heterocycles. The van der Waals surface area contributed by atoms with Crippen LogP contribution in [0.5, 0.6) is 5.75 Å². The fraction of sp³-hybridized carbons (Fsp3) is 0.520. The van der Waals surface area contributed by atoms with Crippen LogP contribution in [0.2, 0.25) is 0 Å². The number of benzene rings is 2. The van der Waals surface area contributed by atoms with Gasteiger partial charge in [0.15, 0.2) is 11.6 Å². The minimum Gasteiger partial charge on any atom is -0.429 e. The molecule has 0 spiro atoms. The number of aryl methyl sites for hydroxylation is 1. The van der Waals surface area contributed by atoms with Gasteiger partial charge in [0.05, 0.1) is 11.5 Å². The summed E-state index contributed by atoms with van der Waals surface area (Å²) >= 11 is 0. The Balaban J connectivity index is 1.84. The van der Waals surface area contributed by atoms with Gasteiger partial charge in [-0.25, -0.2) is 13.2 Å². The average molecular weight is 440 g/mol. The van der Waals surface area contributed by atoms with Crippen LogP contribution in [0.4, 0.5) is 22.0 Å². The lowest BCUT2D eigenvalue weighted by Crippen LogP contribution is -2.37. The lowest BCUT2D eigenvalue weighted by Gasteiger charge is -2.33. The monoisotopic (exact) mass is 440 g/mol. The van der Waals surface area contributed by atoms with Crippen LogP contribution in [0.25, 0.3) is 11.1 Å². The van der Waals surface area contributed by atoms with Crippen LogP contribution in [0, 0.1) is 17.7 Å². The van der Waals surface area contributed by atoms with Crippen molar-refractivity contribution >= 4 is 0 Å². The van der Waals surface area contributed by atoms with Crippen molar-refractivity contribution in [1.82, 2.24) is 0 Å². The molecular formula is C25H29F5O. The maximum absolute atomic E-state index is 14.9. The van der Waals surface area contributed by atoms with Gasteiger partial charge in [0.25, 0.3) is 6.43 Å². The van der Waals surface area contributed by atoms with Gasteiger partial charge in [0.1, 0.15) is 0 Å². The molecule has 170 valence electrons. The summed E-state index contributed by atoms with van der Waals surface area (Å²) in [5.41, 5.74) is 0.477. The molecule has 0 atom stereocenters. The Kier molecular flexibility index (Phi) is 7.60. The standard InChI is InChI=1S/C25H29F5O/c1-3-5-17-8-12-19(13-9-17)25(29,30)31-21-15-14-20(22(23(21)26)24(27)28)18-10-6-16(4-2)7-11-18/h6-7,10-11,14-15,17,19,24H,3-5,8-9,12-13H2,1-2H3. The van der Waals surface area contributed by atoms with Gasteiger partial charge in [0, 0.05) is 0 Å². The zero-order valence-electron chi connectivity index (χ0n) is 17.9. The third-order valence-electron chi connectivity index (χ3n) is 6.30. The zero-order chi connectivity index (χ0) is 22.6. The van der Waals surface area contributed by atoms with E-state index < -0.39 is 35.6 Å². The van der Waals surface area contributed by atoms with Crippen molar-refractivity contribution in [1.29, 1.82) is 0 Å². The van der Waals surface area contributed by atoms with E-state index in [2.05, 4.69) is 6.92 Å². The zero-order valence-corrected chi connectivity index (χ0v) is 17.9. The number of hydrogen-bond donors (Lipinski definition) is 0. The molecule has 0 saturated heterocycles. The molecular weight excluding hydrogens is 411 g/mol. The summed E-state index contributed by atoms with van der Waals surface area (Å²) in [5.74, 6) is -2.87. The smallest absolute Gasteiger partial charge is 0.400 e. The summed E-state index contributed by atoms with van der Waals surface area (Å²) < 4.78 is 76.6. The fourth-order valence-corrected chi connectivity index (χ4v) is 4.46. The molecule has 2 aromatic rings. The van der Waals surface area contributed by atoms with E-state index in [1.807, 2.05) is 6.92 Å². The number of rotatable bonds is 8. The van der Waals surface area contributed by atoms with Crippen molar-refractivity contribution in [2.45, 2.75) is 71.3 Å². The molecule has 1 nitrogen and oxygen atoms in total. The largest absolute Gasteiger partial charge is 0.429 e. The molecule has 0 amide bonds. The van der Waals surface area contributed by atoms with Crippen molar-refractivity contribution in [3.05, 3.63) is 53.3 Å². The minimum absolute atomic E-state index is 0.0223. The van der Waals surface area contributed by atoms with E-state index in [4.69, 9.17) is 4.74 Å². The van der Waals surface area contributed by atoms with Crippen molar-refractivity contribution in [3.8, 4) is 16.9 Å². The maximum Gasteiger partial charge on any atom is 0.400 e. The molecule has 0 N–H and O–H groups in total. The Labute approximate surface area is 180 Å². The predicted molar refractivity (Wildman–Crippen MR) is 112 cm³/mol. The van der Waals surface area contributed by atoms with Gasteiger partial charge in [-0.2, -0.15) is 8.78 Å². The van der Waals surface area contributed by atoms with E-state index in [-0.39, 0.29) is 18.4 Å². The average Bonchev–Trinajstić information content (AvgIpc) is 2.75. The molecule has 0 unspecified atom stereocenters. The Hall–Kier alpha value is -2.11. The molecule has 1 aliphatic rings. The molecule has 2 aromatic carbocycles. The Morgan fingerprint density at radius 2 is 1.61 bits per heavy atom. The second-order valence-electron chi connectivity index (χ2n) is 8.36. The molecule has 0 heterocycles. The summed E-state index contributed by atoms with van der Waals surface area (Å²) in [6.07, 6.45) is -2.07. The Morgan fingerprint density at radius 3 is 2.16 bits per heavy atom. The Morgan fingerprint density at radius 1 is 0.968 bits per heavy atom. The first kappa shape index (κ1) is 23.6. The highest BCUT2D eigenvalue weighted by Crippen LogP contribution is 2.43. The van der Waals surface area contributed by atoms with Gasteiger partial charge in [-0.1, -0.05) is 51.0 Å². The first-order chi connectivity index (χ1) is 14.8. The van der Waals surface area contributed by atoms with Gasteiger partial charge in [-0.05, 0) is 66.8 Å². The Bertz CT molecular complexity index is 855. The number of alkyl halides is 4. The van der Waals surface area contributed by atoms with E-state index in [0.717, 1.165) is 30.9 Å².